The van der Waals surface area contributed by atoms with E-state index in [9.17, 15) is 13.2 Å². The average molecular weight is 269 g/mol. The Morgan fingerprint density at radius 2 is 2.05 bits per heavy atom. The van der Waals surface area contributed by atoms with Gasteiger partial charge in [0.1, 0.15) is 0 Å². The molecule has 102 valence electrons. The Hall–Kier alpha value is -1.72. The molecule has 0 saturated heterocycles. The van der Waals surface area contributed by atoms with Gasteiger partial charge in [0.05, 0.1) is 11.0 Å². The summed E-state index contributed by atoms with van der Waals surface area (Å²) < 4.78 is 40.3. The van der Waals surface area contributed by atoms with Gasteiger partial charge in [-0.25, -0.2) is 4.98 Å². The molecule has 0 atom stereocenters. The number of halogens is 3. The number of fused-ring (bicyclic) bond motifs is 1. The number of aryl methyl sites for hydroxylation is 1. The molecule has 3 nitrogen and oxygen atoms in total. The zero-order valence-electron chi connectivity index (χ0n) is 10.2. The molecule has 6 heteroatoms. The van der Waals surface area contributed by atoms with Gasteiger partial charge in [0.2, 0.25) is 5.82 Å². The number of alkyl halides is 3. The summed E-state index contributed by atoms with van der Waals surface area (Å²) in [5.41, 5.74) is 6.83. The van der Waals surface area contributed by atoms with Crippen LogP contribution in [-0.2, 0) is 12.7 Å². The Labute approximate surface area is 108 Å². The summed E-state index contributed by atoms with van der Waals surface area (Å²) in [6, 6.07) is 4.70. The van der Waals surface area contributed by atoms with Gasteiger partial charge in [-0.3, -0.25) is 0 Å². The van der Waals surface area contributed by atoms with Crippen molar-refractivity contribution in [2.24, 2.45) is 5.92 Å². The van der Waals surface area contributed by atoms with Crippen molar-refractivity contribution in [3.63, 3.8) is 0 Å². The molecule has 3 rings (SSSR count). The molecular weight excluding hydrogens is 255 g/mol. The lowest BCUT2D eigenvalue weighted by molar-refractivity contribution is -0.147. The molecular formula is C13H14F3N3. The summed E-state index contributed by atoms with van der Waals surface area (Å²) in [7, 11) is 0. The fourth-order valence-electron chi connectivity index (χ4n) is 2.31. The van der Waals surface area contributed by atoms with Crippen molar-refractivity contribution in [2.45, 2.75) is 32.0 Å². The van der Waals surface area contributed by atoms with Crippen molar-refractivity contribution in [2.75, 3.05) is 5.73 Å². The highest BCUT2D eigenvalue weighted by Gasteiger charge is 2.37. The molecule has 2 aromatic rings. The monoisotopic (exact) mass is 269 g/mol. The Morgan fingerprint density at radius 3 is 2.68 bits per heavy atom. The lowest BCUT2D eigenvalue weighted by atomic mass is 10.2. The van der Waals surface area contributed by atoms with Gasteiger partial charge in [0.15, 0.2) is 0 Å². The van der Waals surface area contributed by atoms with Gasteiger partial charge in [-0.1, -0.05) is 12.8 Å². The highest BCUT2D eigenvalue weighted by molar-refractivity contribution is 5.79. The average Bonchev–Trinajstić information content (AvgIpc) is 3.06. The number of hydrogen-bond acceptors (Lipinski definition) is 2. The third-order valence-corrected chi connectivity index (χ3v) is 3.48. The van der Waals surface area contributed by atoms with Crippen LogP contribution in [0.1, 0.15) is 25.1 Å². The fourth-order valence-corrected chi connectivity index (χ4v) is 2.31. The molecule has 0 radical (unpaired) electrons. The molecule has 2 N–H and O–H groups in total. The van der Waals surface area contributed by atoms with Crippen molar-refractivity contribution in [1.82, 2.24) is 9.55 Å². The van der Waals surface area contributed by atoms with Gasteiger partial charge in [-0.15, -0.1) is 0 Å². The van der Waals surface area contributed by atoms with E-state index in [1.807, 2.05) is 0 Å². The SMILES string of the molecule is Nc1ccc2c(c1)nc(C(F)(F)F)n2CCC1CC1. The molecule has 0 unspecified atom stereocenters. The van der Waals surface area contributed by atoms with Crippen molar-refractivity contribution < 1.29 is 13.2 Å². The Balaban J connectivity index is 2.07. The molecule has 0 bridgehead atoms. The zero-order valence-corrected chi connectivity index (χ0v) is 10.2. The van der Waals surface area contributed by atoms with Gasteiger partial charge in [-0.2, -0.15) is 13.2 Å². The number of rotatable bonds is 3. The largest absolute Gasteiger partial charge is 0.449 e. The number of benzene rings is 1. The van der Waals surface area contributed by atoms with Gasteiger partial charge >= 0.3 is 6.18 Å². The first-order chi connectivity index (χ1) is 8.95. The van der Waals surface area contributed by atoms with Crippen molar-refractivity contribution in [3.8, 4) is 0 Å². The van der Waals surface area contributed by atoms with Crippen LogP contribution in [0.25, 0.3) is 11.0 Å². The van der Waals surface area contributed by atoms with Crippen LogP contribution in [0, 0.1) is 5.92 Å². The molecule has 0 spiro atoms. The zero-order chi connectivity index (χ0) is 13.6. The molecule has 0 aliphatic heterocycles. The van der Waals surface area contributed by atoms with Crippen LogP contribution in [0.5, 0.6) is 0 Å². The topological polar surface area (TPSA) is 43.8 Å². The van der Waals surface area contributed by atoms with E-state index < -0.39 is 12.0 Å². The van der Waals surface area contributed by atoms with E-state index in [-0.39, 0.29) is 0 Å². The van der Waals surface area contributed by atoms with Gasteiger partial charge in [0, 0.05) is 12.2 Å². The summed E-state index contributed by atoms with van der Waals surface area (Å²) in [4.78, 5) is 3.70. The van der Waals surface area contributed by atoms with E-state index in [2.05, 4.69) is 4.98 Å². The van der Waals surface area contributed by atoms with E-state index in [4.69, 9.17) is 5.73 Å². The summed E-state index contributed by atoms with van der Waals surface area (Å²) in [6.45, 7) is 0.361. The Kier molecular flexibility index (Phi) is 2.69. The van der Waals surface area contributed by atoms with E-state index in [1.54, 1.807) is 12.1 Å². The van der Waals surface area contributed by atoms with Gasteiger partial charge in [0.25, 0.3) is 0 Å². The molecule has 1 aliphatic rings. The van der Waals surface area contributed by atoms with Crippen LogP contribution < -0.4 is 5.73 Å². The lowest BCUT2D eigenvalue weighted by Gasteiger charge is -2.11. The predicted octanol–water partition coefficient (Wildman–Crippen LogP) is 3.44. The third kappa shape index (κ3) is 2.39. The minimum absolute atomic E-state index is 0.308. The molecule has 19 heavy (non-hydrogen) atoms. The summed E-state index contributed by atoms with van der Waals surface area (Å²) in [6.07, 6.45) is -1.40. The number of nitrogens with zero attached hydrogens (tertiary/aromatic N) is 2. The number of aromatic nitrogens is 2. The number of hydrogen-bond donors (Lipinski definition) is 1. The van der Waals surface area contributed by atoms with Crippen LogP contribution in [0.3, 0.4) is 0 Å². The highest BCUT2D eigenvalue weighted by atomic mass is 19.4. The maximum atomic E-state index is 13.0. The van der Waals surface area contributed by atoms with Gasteiger partial charge < -0.3 is 10.3 Å². The second-order valence-corrected chi connectivity index (χ2v) is 5.07. The first-order valence-electron chi connectivity index (χ1n) is 6.28. The first kappa shape index (κ1) is 12.3. The quantitative estimate of drug-likeness (QED) is 0.867. The van der Waals surface area contributed by atoms with Crippen LogP contribution in [0.15, 0.2) is 18.2 Å². The normalized spacial score (nSPS) is 16.2. The van der Waals surface area contributed by atoms with Crippen molar-refractivity contribution >= 4 is 16.7 Å². The minimum atomic E-state index is -4.43. The van der Waals surface area contributed by atoms with E-state index in [0.29, 0.717) is 29.2 Å². The van der Waals surface area contributed by atoms with Crippen LogP contribution in [-0.4, -0.2) is 9.55 Å². The predicted molar refractivity (Wildman–Crippen MR) is 66.5 cm³/mol. The summed E-state index contributed by atoms with van der Waals surface area (Å²) in [5, 5.41) is 0. The molecule has 1 aromatic heterocycles. The standard InChI is InChI=1S/C13H14F3N3/c14-13(15,16)12-18-10-7-9(17)3-4-11(10)19(12)6-5-8-1-2-8/h3-4,7-8H,1-2,5-6,17H2. The highest BCUT2D eigenvalue weighted by Crippen LogP contribution is 2.36. The summed E-state index contributed by atoms with van der Waals surface area (Å²) >= 11 is 0. The van der Waals surface area contributed by atoms with Crippen LogP contribution in [0.4, 0.5) is 18.9 Å². The lowest BCUT2D eigenvalue weighted by Crippen LogP contribution is -2.15. The third-order valence-electron chi connectivity index (χ3n) is 3.48. The van der Waals surface area contributed by atoms with Crippen LogP contribution in [0.2, 0.25) is 0 Å². The Bertz CT molecular complexity index is 611. The minimum Gasteiger partial charge on any atom is -0.399 e. The second-order valence-electron chi connectivity index (χ2n) is 5.07. The van der Waals surface area contributed by atoms with Crippen molar-refractivity contribution in [3.05, 3.63) is 24.0 Å². The van der Waals surface area contributed by atoms with Gasteiger partial charge in [-0.05, 0) is 30.5 Å². The first-order valence-corrected chi connectivity index (χ1v) is 6.28. The molecule has 1 heterocycles. The van der Waals surface area contributed by atoms with Crippen molar-refractivity contribution in [1.29, 1.82) is 0 Å². The van der Waals surface area contributed by atoms with E-state index in [0.717, 1.165) is 19.3 Å². The number of nitrogens with two attached hydrogens (primary N) is 1. The molecule has 1 saturated carbocycles. The van der Waals surface area contributed by atoms with E-state index >= 15 is 0 Å². The maximum absolute atomic E-state index is 13.0. The maximum Gasteiger partial charge on any atom is 0.449 e. The molecule has 0 amide bonds. The second kappa shape index (κ2) is 4.15. The summed E-state index contributed by atoms with van der Waals surface area (Å²) in [5.74, 6) is -0.249. The smallest absolute Gasteiger partial charge is 0.399 e. The van der Waals surface area contributed by atoms with Crippen LogP contribution >= 0.6 is 0 Å². The number of anilines is 1. The van der Waals surface area contributed by atoms with E-state index in [1.165, 1.54) is 10.6 Å². The number of nitrogen functional groups attached to an aromatic ring is 1. The molecule has 1 aromatic carbocycles. The molecule has 1 fully saturated rings. The number of imidazole rings is 1. The molecule has 1 aliphatic carbocycles. The fraction of sp³-hybridized carbons (Fsp3) is 0.462. The Morgan fingerprint density at radius 1 is 1.32 bits per heavy atom.